The van der Waals surface area contributed by atoms with E-state index in [-0.39, 0.29) is 30.8 Å². The fraction of sp³-hybridized carbons (Fsp3) is 0.933. The molecule has 0 radical (unpaired) electrons. The Balaban J connectivity index is 0.00000529. The third-order valence-electron chi connectivity index (χ3n) is 4.25. The number of hydrogen-bond acceptors (Lipinski definition) is 4. The molecule has 1 rings (SSSR count). The first-order chi connectivity index (χ1) is 10.7. The zero-order valence-corrected chi connectivity index (χ0v) is 15.2. The molecule has 0 aliphatic carbocycles. The summed E-state index contributed by atoms with van der Waals surface area (Å²) in [5.41, 5.74) is 5.97. The lowest BCUT2D eigenvalue weighted by Gasteiger charge is -2.36. The highest BCUT2D eigenvalue weighted by molar-refractivity contribution is 5.85. The molecule has 0 saturated carbocycles. The molecule has 0 aromatic rings. The second-order valence-corrected chi connectivity index (χ2v) is 6.10. The molecule has 1 amide bonds. The van der Waals surface area contributed by atoms with Crippen LogP contribution in [0.1, 0.15) is 26.7 Å². The van der Waals surface area contributed by atoms with Crippen LogP contribution in [-0.4, -0.2) is 73.9 Å². The molecular formula is C15H29ClF3N3O2. The minimum atomic E-state index is -4.26. The molecule has 2 atom stereocenters. The van der Waals surface area contributed by atoms with Crippen molar-refractivity contribution in [2.24, 2.45) is 11.7 Å². The van der Waals surface area contributed by atoms with Crippen LogP contribution in [0.3, 0.4) is 0 Å². The van der Waals surface area contributed by atoms with Gasteiger partial charge in [0, 0.05) is 39.3 Å². The topological polar surface area (TPSA) is 58.8 Å². The number of alkyl halides is 3. The van der Waals surface area contributed by atoms with Crippen LogP contribution in [0, 0.1) is 5.92 Å². The maximum absolute atomic E-state index is 12.3. The van der Waals surface area contributed by atoms with E-state index in [2.05, 4.69) is 9.64 Å². The number of carbonyl (C=O) groups excluding carboxylic acids is 1. The molecular weight excluding hydrogens is 347 g/mol. The van der Waals surface area contributed by atoms with Crippen LogP contribution >= 0.6 is 12.4 Å². The Kier molecular flexibility index (Phi) is 10.9. The lowest BCUT2D eigenvalue weighted by atomic mass is 9.98. The summed E-state index contributed by atoms with van der Waals surface area (Å²) in [6, 6.07) is -0.456. The largest absolute Gasteiger partial charge is 0.411 e. The van der Waals surface area contributed by atoms with Crippen molar-refractivity contribution in [2.45, 2.75) is 38.9 Å². The molecule has 0 bridgehead atoms. The first-order valence-corrected chi connectivity index (χ1v) is 8.15. The van der Waals surface area contributed by atoms with Crippen LogP contribution in [0.4, 0.5) is 13.2 Å². The van der Waals surface area contributed by atoms with E-state index in [0.29, 0.717) is 26.1 Å². The summed E-state index contributed by atoms with van der Waals surface area (Å²) in [5.74, 6) is 0.152. The molecule has 0 aromatic heterocycles. The molecule has 0 aromatic carbocycles. The summed E-state index contributed by atoms with van der Waals surface area (Å²) in [6.45, 7) is 6.24. The highest BCUT2D eigenvalue weighted by Gasteiger charge is 2.28. The van der Waals surface area contributed by atoms with Gasteiger partial charge in [0.25, 0.3) is 0 Å². The zero-order valence-electron chi connectivity index (χ0n) is 14.3. The number of carbonyl (C=O) groups is 1. The summed E-state index contributed by atoms with van der Waals surface area (Å²) in [7, 11) is 0. The van der Waals surface area contributed by atoms with Crippen molar-refractivity contribution >= 4 is 18.3 Å². The van der Waals surface area contributed by atoms with Gasteiger partial charge in [-0.1, -0.05) is 20.3 Å². The summed E-state index contributed by atoms with van der Waals surface area (Å²) in [6.07, 6.45) is -2.85. The standard InChI is InChI=1S/C15H28F3N3O2.ClH/c1-3-12(2)13(19)14(22)21-8-6-20(7-9-21)5-4-10-23-11-15(16,17)18;/h12-13H,3-11,19H2,1-2H3;1H. The molecule has 9 heteroatoms. The molecule has 2 unspecified atom stereocenters. The number of halogens is 4. The van der Waals surface area contributed by atoms with Gasteiger partial charge in [0.2, 0.25) is 5.91 Å². The van der Waals surface area contributed by atoms with Crippen LogP contribution in [0.25, 0.3) is 0 Å². The van der Waals surface area contributed by atoms with Gasteiger partial charge in [-0.3, -0.25) is 9.69 Å². The highest BCUT2D eigenvalue weighted by Crippen LogP contribution is 2.14. The van der Waals surface area contributed by atoms with E-state index in [1.807, 2.05) is 13.8 Å². The fourth-order valence-electron chi connectivity index (χ4n) is 2.48. The number of nitrogens with two attached hydrogens (primary N) is 1. The molecule has 144 valence electrons. The molecule has 1 saturated heterocycles. The Morgan fingerprint density at radius 1 is 1.25 bits per heavy atom. The lowest BCUT2D eigenvalue weighted by molar-refractivity contribution is -0.174. The summed E-state index contributed by atoms with van der Waals surface area (Å²) in [5, 5.41) is 0. The first-order valence-electron chi connectivity index (χ1n) is 8.15. The Morgan fingerprint density at radius 2 is 1.83 bits per heavy atom. The smallest absolute Gasteiger partial charge is 0.372 e. The van der Waals surface area contributed by atoms with Gasteiger partial charge in [0.15, 0.2) is 0 Å². The Bertz CT molecular complexity index is 364. The molecule has 24 heavy (non-hydrogen) atoms. The molecule has 1 fully saturated rings. The highest BCUT2D eigenvalue weighted by atomic mass is 35.5. The monoisotopic (exact) mass is 375 g/mol. The van der Waals surface area contributed by atoms with Crippen molar-refractivity contribution in [3.8, 4) is 0 Å². The predicted octanol–water partition coefficient (Wildman–Crippen LogP) is 1.89. The lowest BCUT2D eigenvalue weighted by Crippen LogP contribution is -2.54. The van der Waals surface area contributed by atoms with Gasteiger partial charge >= 0.3 is 6.18 Å². The normalized spacial score (nSPS) is 18.8. The van der Waals surface area contributed by atoms with E-state index >= 15 is 0 Å². The van der Waals surface area contributed by atoms with Crippen molar-refractivity contribution in [2.75, 3.05) is 45.9 Å². The molecule has 1 aliphatic rings. The maximum Gasteiger partial charge on any atom is 0.411 e. The Labute approximate surface area is 148 Å². The molecule has 0 spiro atoms. The Morgan fingerprint density at radius 3 is 2.33 bits per heavy atom. The SMILES string of the molecule is CCC(C)C(N)C(=O)N1CCN(CCCOCC(F)(F)F)CC1.Cl. The fourth-order valence-corrected chi connectivity index (χ4v) is 2.48. The summed E-state index contributed by atoms with van der Waals surface area (Å²) >= 11 is 0. The summed E-state index contributed by atoms with van der Waals surface area (Å²) in [4.78, 5) is 16.2. The second-order valence-electron chi connectivity index (χ2n) is 6.10. The van der Waals surface area contributed by atoms with E-state index in [9.17, 15) is 18.0 Å². The number of amides is 1. The molecule has 1 aliphatic heterocycles. The maximum atomic E-state index is 12.3. The van der Waals surface area contributed by atoms with Crippen LogP contribution in [0.2, 0.25) is 0 Å². The Hall–Kier alpha value is -0.570. The van der Waals surface area contributed by atoms with Gasteiger partial charge in [-0.05, 0) is 12.3 Å². The van der Waals surface area contributed by atoms with Gasteiger partial charge < -0.3 is 15.4 Å². The average Bonchev–Trinajstić information content (AvgIpc) is 2.52. The first kappa shape index (κ1) is 23.4. The van der Waals surface area contributed by atoms with Crippen LogP contribution in [0.15, 0.2) is 0 Å². The molecule has 1 heterocycles. The van der Waals surface area contributed by atoms with Crippen molar-refractivity contribution < 1.29 is 22.7 Å². The number of ether oxygens (including phenoxy) is 1. The second kappa shape index (κ2) is 11.1. The van der Waals surface area contributed by atoms with E-state index in [1.54, 1.807) is 4.90 Å². The van der Waals surface area contributed by atoms with E-state index < -0.39 is 18.8 Å². The molecule has 2 N–H and O–H groups in total. The third-order valence-corrected chi connectivity index (χ3v) is 4.25. The van der Waals surface area contributed by atoms with Crippen molar-refractivity contribution in [3.05, 3.63) is 0 Å². The summed E-state index contributed by atoms with van der Waals surface area (Å²) < 4.78 is 40.3. The van der Waals surface area contributed by atoms with Gasteiger partial charge in [-0.2, -0.15) is 13.2 Å². The number of piperazine rings is 1. The quantitative estimate of drug-likeness (QED) is 0.658. The number of nitrogens with zero attached hydrogens (tertiary/aromatic N) is 2. The van der Waals surface area contributed by atoms with Crippen LogP contribution < -0.4 is 5.73 Å². The number of hydrogen-bond donors (Lipinski definition) is 1. The number of rotatable bonds is 8. The minimum Gasteiger partial charge on any atom is -0.372 e. The van der Waals surface area contributed by atoms with Crippen molar-refractivity contribution in [3.63, 3.8) is 0 Å². The van der Waals surface area contributed by atoms with E-state index in [1.165, 1.54) is 0 Å². The predicted molar refractivity (Wildman–Crippen MR) is 89.2 cm³/mol. The van der Waals surface area contributed by atoms with E-state index in [0.717, 1.165) is 19.5 Å². The van der Waals surface area contributed by atoms with Gasteiger partial charge in [-0.25, -0.2) is 0 Å². The van der Waals surface area contributed by atoms with Gasteiger partial charge in [0.1, 0.15) is 6.61 Å². The zero-order chi connectivity index (χ0) is 17.5. The molecule has 5 nitrogen and oxygen atoms in total. The van der Waals surface area contributed by atoms with Crippen LogP contribution in [-0.2, 0) is 9.53 Å². The van der Waals surface area contributed by atoms with Gasteiger partial charge in [0.05, 0.1) is 6.04 Å². The van der Waals surface area contributed by atoms with Crippen LogP contribution in [0.5, 0.6) is 0 Å². The van der Waals surface area contributed by atoms with Gasteiger partial charge in [-0.15, -0.1) is 12.4 Å². The average molecular weight is 376 g/mol. The van der Waals surface area contributed by atoms with E-state index in [4.69, 9.17) is 5.73 Å². The third kappa shape index (κ3) is 8.50. The van der Waals surface area contributed by atoms with Crippen molar-refractivity contribution in [1.29, 1.82) is 0 Å². The minimum absolute atomic E-state index is 0. The van der Waals surface area contributed by atoms with Crippen molar-refractivity contribution in [1.82, 2.24) is 9.80 Å².